The zero-order valence-electron chi connectivity index (χ0n) is 31.4. The van der Waals surface area contributed by atoms with Crippen molar-refractivity contribution in [2.45, 2.75) is 51.9 Å². The Hall–Kier alpha value is -5.35. The van der Waals surface area contributed by atoms with Crippen molar-refractivity contribution in [1.82, 2.24) is 9.97 Å². The molecular weight excluding hydrogens is 827 g/mol. The Morgan fingerprint density at radius 3 is 1.70 bits per heavy atom. The highest BCUT2D eigenvalue weighted by Gasteiger charge is 2.45. The van der Waals surface area contributed by atoms with Gasteiger partial charge in [0.05, 0.1) is 21.2 Å². The Morgan fingerprint density at radius 1 is 0.702 bits per heavy atom. The summed E-state index contributed by atoms with van der Waals surface area (Å²) in [5.74, 6) is -2.06. The van der Waals surface area contributed by atoms with Crippen molar-refractivity contribution in [3.63, 3.8) is 0 Å². The maximum Gasteiger partial charge on any atom is 0.335 e. The van der Waals surface area contributed by atoms with E-state index < -0.39 is 11.9 Å². The van der Waals surface area contributed by atoms with Crippen LogP contribution in [0.1, 0.15) is 79.7 Å². The fourth-order valence-corrected chi connectivity index (χ4v) is 7.98. The second-order valence-electron chi connectivity index (χ2n) is 14.8. The van der Waals surface area contributed by atoms with E-state index in [1.165, 1.54) is 12.5 Å². The number of ether oxygens (including phenoxy) is 1. The van der Waals surface area contributed by atoms with Crippen LogP contribution in [0.5, 0.6) is 0 Å². The minimum absolute atomic E-state index is 0.0516. The van der Waals surface area contributed by atoms with Gasteiger partial charge < -0.3 is 24.9 Å². The highest BCUT2D eigenvalue weighted by atomic mass is 79.9. The Kier molecular flexibility index (Phi) is 11.4. The Morgan fingerprint density at radius 2 is 1.21 bits per heavy atom. The van der Waals surface area contributed by atoms with Crippen LogP contribution in [0.25, 0.3) is 32.9 Å². The van der Waals surface area contributed by atoms with Crippen LogP contribution >= 0.6 is 39.1 Å². The number of aromatic carboxylic acids is 2. The van der Waals surface area contributed by atoms with Gasteiger partial charge in [0, 0.05) is 68.4 Å². The summed E-state index contributed by atoms with van der Waals surface area (Å²) in [5, 5.41) is 22.0. The fraction of sp³-hybridized carbons (Fsp3) is 0.196. The number of aryl methyl sites for hydroxylation is 2. The van der Waals surface area contributed by atoms with E-state index in [-0.39, 0.29) is 11.4 Å². The Bertz CT molecular complexity index is 2660. The summed E-state index contributed by atoms with van der Waals surface area (Å²) in [6.07, 6.45) is 3.28. The van der Waals surface area contributed by atoms with Crippen LogP contribution in [0.4, 0.5) is 0 Å². The quantitative estimate of drug-likeness (QED) is 0.101. The van der Waals surface area contributed by atoms with Gasteiger partial charge in [-0.15, -0.1) is 0 Å². The molecule has 2 heterocycles. The first kappa shape index (κ1) is 39.9. The van der Waals surface area contributed by atoms with Crippen molar-refractivity contribution in [2.24, 2.45) is 0 Å². The summed E-state index contributed by atoms with van der Waals surface area (Å²) in [5.41, 5.74) is 11.1. The Labute approximate surface area is 347 Å². The van der Waals surface area contributed by atoms with Gasteiger partial charge in [-0.1, -0.05) is 71.7 Å². The lowest BCUT2D eigenvalue weighted by atomic mass is 9.94. The molecule has 1 saturated carbocycles. The Balaban J connectivity index is 0.000000194. The molecule has 11 heteroatoms. The molecule has 1 aliphatic rings. The second-order valence-corrected chi connectivity index (χ2v) is 16.4. The standard InChI is InChI=1S/C29H26ClNO4.C17H13BrClNO2/c1-17-3-4-19(12-24(17)28(33)34)11-23-13-21-14-25(26(30)15-27(21)31-23)20-5-7-22(8-6-20)29(9-10-29)16-35-18(2)32;1-9-2-3-10(5-13(9)17(21)22)4-12-6-11-7-14(18)15(19)8-16(11)20-12/h3-8,12-15,31H,9-11,16H2,1-2H3,(H,33,34);2-3,5-8,20H,4H2,1H3,(H,21,22). The summed E-state index contributed by atoms with van der Waals surface area (Å²) in [6.45, 7) is 5.47. The number of halogens is 3. The number of carbonyl (C=O) groups is 3. The molecule has 0 atom stereocenters. The zero-order valence-corrected chi connectivity index (χ0v) is 34.5. The maximum absolute atomic E-state index is 11.5. The van der Waals surface area contributed by atoms with Crippen molar-refractivity contribution in [1.29, 1.82) is 0 Å². The van der Waals surface area contributed by atoms with Crippen LogP contribution < -0.4 is 0 Å². The molecule has 0 saturated heterocycles. The van der Waals surface area contributed by atoms with Crippen LogP contribution in [0.2, 0.25) is 10.0 Å². The third-order valence-electron chi connectivity index (χ3n) is 10.5. The molecule has 7 aromatic rings. The van der Waals surface area contributed by atoms with Crippen LogP contribution in [0, 0.1) is 13.8 Å². The minimum Gasteiger partial charge on any atom is -0.478 e. The number of hydrogen-bond acceptors (Lipinski definition) is 4. The minimum atomic E-state index is -0.914. The van der Waals surface area contributed by atoms with Crippen molar-refractivity contribution < 1.29 is 29.3 Å². The number of aromatic amines is 2. The molecule has 57 heavy (non-hydrogen) atoms. The molecule has 8 nitrogen and oxygen atoms in total. The first-order valence-electron chi connectivity index (χ1n) is 18.4. The van der Waals surface area contributed by atoms with Gasteiger partial charge in [-0.2, -0.15) is 0 Å². The molecule has 4 N–H and O–H groups in total. The highest BCUT2D eigenvalue weighted by molar-refractivity contribution is 9.10. The molecule has 0 aliphatic heterocycles. The third-order valence-corrected chi connectivity index (χ3v) is 12.1. The van der Waals surface area contributed by atoms with Crippen LogP contribution in [0.3, 0.4) is 0 Å². The number of esters is 1. The number of carbonyl (C=O) groups excluding carboxylic acids is 1. The van der Waals surface area contributed by atoms with Crippen molar-refractivity contribution in [2.75, 3.05) is 6.61 Å². The van der Waals surface area contributed by atoms with Gasteiger partial charge in [0.15, 0.2) is 0 Å². The lowest BCUT2D eigenvalue weighted by Gasteiger charge is -2.16. The number of nitrogens with one attached hydrogen (secondary N) is 2. The normalized spacial score (nSPS) is 12.9. The molecule has 0 unspecified atom stereocenters. The average Bonchev–Trinajstić information content (AvgIpc) is 3.72. The van der Waals surface area contributed by atoms with Gasteiger partial charge in [-0.05, 0) is 125 Å². The third kappa shape index (κ3) is 8.96. The molecule has 8 rings (SSSR count). The molecule has 1 aliphatic carbocycles. The number of aromatic nitrogens is 2. The van der Waals surface area contributed by atoms with Gasteiger partial charge in [0.25, 0.3) is 0 Å². The number of hydrogen-bond donors (Lipinski definition) is 4. The van der Waals surface area contributed by atoms with E-state index in [0.717, 1.165) is 83.9 Å². The number of carboxylic acids is 2. The molecule has 2 aromatic heterocycles. The average molecular weight is 867 g/mol. The monoisotopic (exact) mass is 864 g/mol. The molecule has 1 fully saturated rings. The van der Waals surface area contributed by atoms with E-state index in [9.17, 15) is 24.6 Å². The summed E-state index contributed by atoms with van der Waals surface area (Å²) < 4.78 is 6.14. The number of H-pyrrole nitrogens is 2. The van der Waals surface area contributed by atoms with Crippen molar-refractivity contribution in [3.05, 3.63) is 162 Å². The van der Waals surface area contributed by atoms with E-state index in [4.69, 9.17) is 27.9 Å². The van der Waals surface area contributed by atoms with Gasteiger partial charge in [0.1, 0.15) is 6.61 Å². The van der Waals surface area contributed by atoms with E-state index in [1.807, 2.05) is 42.5 Å². The SMILES string of the molecule is CC(=O)OCC1(c2ccc(-c3cc4cc(Cc5ccc(C)c(C(=O)O)c5)[nH]c4cc3Cl)cc2)CC1.Cc1ccc(Cc2cc3cc(Br)c(Cl)cc3[nH]2)cc1C(=O)O. The largest absolute Gasteiger partial charge is 0.478 e. The molecular formula is C46H39BrCl2N2O6. The number of rotatable bonds is 10. The van der Waals surface area contributed by atoms with Crippen LogP contribution in [0.15, 0.2) is 102 Å². The van der Waals surface area contributed by atoms with E-state index in [2.05, 4.69) is 68.4 Å². The summed E-state index contributed by atoms with van der Waals surface area (Å²) >= 11 is 16.2. The molecule has 0 radical (unpaired) electrons. The van der Waals surface area contributed by atoms with Crippen LogP contribution in [-0.4, -0.2) is 44.7 Å². The highest BCUT2D eigenvalue weighted by Crippen LogP contribution is 2.49. The predicted molar refractivity (Wildman–Crippen MR) is 229 cm³/mol. The maximum atomic E-state index is 11.5. The molecule has 290 valence electrons. The summed E-state index contributed by atoms with van der Waals surface area (Å²) in [4.78, 5) is 40.7. The second kappa shape index (κ2) is 16.3. The first-order chi connectivity index (χ1) is 27.2. The van der Waals surface area contributed by atoms with E-state index in [1.54, 1.807) is 26.0 Å². The summed E-state index contributed by atoms with van der Waals surface area (Å²) in [6, 6.07) is 31.4. The van der Waals surface area contributed by atoms with Gasteiger partial charge in [-0.25, -0.2) is 9.59 Å². The van der Waals surface area contributed by atoms with Gasteiger partial charge in [0.2, 0.25) is 0 Å². The first-order valence-corrected chi connectivity index (χ1v) is 19.9. The van der Waals surface area contributed by atoms with E-state index in [0.29, 0.717) is 40.6 Å². The van der Waals surface area contributed by atoms with Gasteiger partial charge >= 0.3 is 17.9 Å². The van der Waals surface area contributed by atoms with Crippen LogP contribution in [-0.2, 0) is 27.8 Å². The number of benzene rings is 5. The zero-order chi connectivity index (χ0) is 40.6. The molecule has 0 amide bonds. The predicted octanol–water partition coefficient (Wildman–Crippen LogP) is 11.9. The van der Waals surface area contributed by atoms with E-state index >= 15 is 0 Å². The molecule has 0 spiro atoms. The van der Waals surface area contributed by atoms with Crippen molar-refractivity contribution in [3.8, 4) is 11.1 Å². The topological polar surface area (TPSA) is 132 Å². The molecule has 5 aromatic carbocycles. The molecule has 0 bridgehead atoms. The smallest absolute Gasteiger partial charge is 0.335 e. The lowest BCUT2D eigenvalue weighted by molar-refractivity contribution is -0.141. The van der Waals surface area contributed by atoms with Gasteiger partial charge in [-0.3, -0.25) is 4.79 Å². The lowest BCUT2D eigenvalue weighted by Crippen LogP contribution is -2.17. The number of carboxylic acid groups (broad SMARTS) is 2. The summed E-state index contributed by atoms with van der Waals surface area (Å²) in [7, 11) is 0. The fourth-order valence-electron chi connectivity index (χ4n) is 7.18. The van der Waals surface area contributed by atoms with Crippen molar-refractivity contribution >= 4 is 78.8 Å². The number of fused-ring (bicyclic) bond motifs is 2.